The number of aromatic nitrogens is 4. The van der Waals surface area contributed by atoms with Crippen molar-refractivity contribution in [1.29, 1.82) is 0 Å². The maximum Gasteiger partial charge on any atom is 0.0996 e. The highest BCUT2D eigenvalue weighted by Crippen LogP contribution is 2.38. The second kappa shape index (κ2) is 6.15. The first-order valence-corrected chi connectivity index (χ1v) is 10.6. The summed E-state index contributed by atoms with van der Waals surface area (Å²) in [5, 5.41) is 0. The van der Waals surface area contributed by atoms with Crippen LogP contribution < -0.4 is 0 Å². The second-order valence-corrected chi connectivity index (χ2v) is 8.19. The van der Waals surface area contributed by atoms with Crippen molar-refractivity contribution >= 4 is 54.1 Å². The van der Waals surface area contributed by atoms with Crippen LogP contribution in [0.2, 0.25) is 0 Å². The van der Waals surface area contributed by atoms with Gasteiger partial charge in [-0.05, 0) is 24.3 Å². The first kappa shape index (κ1) is 15.8. The van der Waals surface area contributed by atoms with E-state index in [1.54, 1.807) is 22.7 Å². The number of thiazole rings is 2. The zero-order valence-corrected chi connectivity index (χ0v) is 16.2. The van der Waals surface area contributed by atoms with E-state index in [9.17, 15) is 0 Å². The molecule has 3 heterocycles. The molecule has 0 N–H and O–H groups in total. The average Bonchev–Trinajstić information content (AvgIpc) is 3.41. The molecule has 0 aliphatic carbocycles. The number of rotatable bonds is 2. The van der Waals surface area contributed by atoms with Gasteiger partial charge < -0.3 is 0 Å². The Morgan fingerprint density at radius 3 is 1.54 bits per heavy atom. The van der Waals surface area contributed by atoms with Gasteiger partial charge in [0.25, 0.3) is 0 Å². The van der Waals surface area contributed by atoms with Crippen LogP contribution >= 0.6 is 22.7 Å². The number of nitrogens with zero attached hydrogens (tertiary/aromatic N) is 4. The summed E-state index contributed by atoms with van der Waals surface area (Å²) in [4.78, 5) is 19.2. The van der Waals surface area contributed by atoms with Crippen molar-refractivity contribution in [2.75, 3.05) is 0 Å². The van der Waals surface area contributed by atoms with Crippen molar-refractivity contribution in [3.8, 4) is 22.5 Å². The van der Waals surface area contributed by atoms with Crippen LogP contribution in [0.5, 0.6) is 0 Å². The fraction of sp³-hybridized carbons (Fsp3) is 0. The monoisotopic (exact) mass is 396 g/mol. The number of para-hydroxylation sites is 4. The zero-order valence-electron chi connectivity index (χ0n) is 14.5. The van der Waals surface area contributed by atoms with E-state index in [2.05, 4.69) is 46.4 Å². The molecular formula is C22H12N4S2. The van der Waals surface area contributed by atoms with Crippen LogP contribution in [0.4, 0.5) is 0 Å². The molecule has 0 unspecified atom stereocenters. The molecule has 132 valence electrons. The summed E-state index contributed by atoms with van der Waals surface area (Å²) in [7, 11) is 0. The second-order valence-electron chi connectivity index (χ2n) is 6.42. The smallest absolute Gasteiger partial charge is 0.0996 e. The van der Waals surface area contributed by atoms with Crippen molar-refractivity contribution in [1.82, 2.24) is 19.9 Å². The molecular weight excluding hydrogens is 384 g/mol. The lowest BCUT2D eigenvalue weighted by atomic mass is 10.0. The predicted molar refractivity (Wildman–Crippen MR) is 117 cm³/mol. The molecule has 0 atom stereocenters. The van der Waals surface area contributed by atoms with Crippen LogP contribution in [0.25, 0.3) is 54.0 Å². The first-order valence-electron chi connectivity index (χ1n) is 8.80. The predicted octanol–water partition coefficient (Wildman–Crippen LogP) is 6.18. The number of fused-ring (bicyclic) bond motifs is 3. The topological polar surface area (TPSA) is 51.6 Å². The Bertz CT molecular complexity index is 1370. The summed E-state index contributed by atoms with van der Waals surface area (Å²) >= 11 is 3.27. The van der Waals surface area contributed by atoms with Crippen LogP contribution in [0.3, 0.4) is 0 Å². The number of hydrogen-bond donors (Lipinski definition) is 0. The van der Waals surface area contributed by atoms with Gasteiger partial charge in [0.2, 0.25) is 0 Å². The highest BCUT2D eigenvalue weighted by molar-refractivity contribution is 7.17. The fourth-order valence-corrected chi connectivity index (χ4v) is 4.94. The van der Waals surface area contributed by atoms with Gasteiger partial charge in [-0.15, -0.1) is 22.7 Å². The third kappa shape index (κ3) is 2.35. The van der Waals surface area contributed by atoms with Crippen LogP contribution in [-0.4, -0.2) is 19.9 Å². The Balaban J connectivity index is 1.76. The van der Waals surface area contributed by atoms with Gasteiger partial charge in [-0.1, -0.05) is 36.4 Å². The van der Waals surface area contributed by atoms with Crippen LogP contribution in [0, 0.1) is 0 Å². The Kier molecular flexibility index (Phi) is 3.47. The number of hydrogen-bond acceptors (Lipinski definition) is 6. The molecule has 0 aliphatic heterocycles. The summed E-state index contributed by atoms with van der Waals surface area (Å²) < 4.78 is 2.29. The minimum absolute atomic E-state index is 0.843. The molecule has 6 heteroatoms. The van der Waals surface area contributed by atoms with Gasteiger partial charge in [-0.25, -0.2) is 19.9 Å². The minimum Gasteiger partial charge on any atom is -0.244 e. The quantitative estimate of drug-likeness (QED) is 0.350. The Morgan fingerprint density at radius 1 is 0.536 bits per heavy atom. The normalized spacial score (nSPS) is 11.6. The fourth-order valence-electron chi connectivity index (χ4n) is 3.53. The molecule has 4 nitrogen and oxygen atoms in total. The summed E-state index contributed by atoms with van der Waals surface area (Å²) in [6.07, 6.45) is 0. The van der Waals surface area contributed by atoms with Gasteiger partial charge in [0.05, 0.1) is 53.9 Å². The molecule has 6 rings (SSSR count). The minimum atomic E-state index is 0.843. The van der Waals surface area contributed by atoms with Crippen molar-refractivity contribution < 1.29 is 0 Å². The molecule has 0 radical (unpaired) electrons. The standard InChI is InChI=1S/C22H12N4S2/c1-2-8-16-15(7-1)25-21(13-5-3-9-17-19(13)23-11-27-17)22(26-16)14-6-4-10-18-20(14)24-12-28-18/h1-12H. The SMILES string of the molecule is c1ccc2nc(-c3cccc4scnc34)c(-c3cccc4scnc34)nc2c1. The molecule has 0 saturated carbocycles. The summed E-state index contributed by atoms with van der Waals surface area (Å²) in [6.45, 7) is 0. The van der Waals surface area contributed by atoms with E-state index in [-0.39, 0.29) is 0 Å². The molecule has 0 saturated heterocycles. The third-order valence-corrected chi connectivity index (χ3v) is 6.39. The van der Waals surface area contributed by atoms with Gasteiger partial charge in [-0.3, -0.25) is 0 Å². The van der Waals surface area contributed by atoms with Gasteiger partial charge in [0.1, 0.15) is 0 Å². The molecule has 3 aromatic carbocycles. The zero-order chi connectivity index (χ0) is 18.5. The van der Waals surface area contributed by atoms with E-state index in [4.69, 9.17) is 9.97 Å². The maximum absolute atomic E-state index is 5.02. The largest absolute Gasteiger partial charge is 0.244 e. The lowest BCUT2D eigenvalue weighted by molar-refractivity contribution is 1.29. The third-order valence-electron chi connectivity index (χ3n) is 4.80. The lowest BCUT2D eigenvalue weighted by Crippen LogP contribution is -1.96. The highest BCUT2D eigenvalue weighted by atomic mass is 32.1. The van der Waals surface area contributed by atoms with E-state index in [0.29, 0.717) is 0 Å². The summed E-state index contributed by atoms with van der Waals surface area (Å²) in [5.74, 6) is 0. The summed E-state index contributed by atoms with van der Waals surface area (Å²) in [5.41, 5.74) is 11.1. The van der Waals surface area contributed by atoms with Crippen LogP contribution in [-0.2, 0) is 0 Å². The first-order chi connectivity index (χ1) is 13.9. The van der Waals surface area contributed by atoms with Crippen molar-refractivity contribution in [2.24, 2.45) is 0 Å². The molecule has 6 aromatic rings. The van der Waals surface area contributed by atoms with Gasteiger partial charge >= 0.3 is 0 Å². The Hall–Kier alpha value is -3.22. The molecule has 3 aromatic heterocycles. The Labute approximate surface area is 168 Å². The molecule has 28 heavy (non-hydrogen) atoms. The summed E-state index contributed by atoms with van der Waals surface area (Å²) in [6, 6.07) is 20.4. The van der Waals surface area contributed by atoms with Crippen LogP contribution in [0.15, 0.2) is 71.7 Å². The van der Waals surface area contributed by atoms with E-state index in [0.717, 1.165) is 54.0 Å². The molecule has 0 fully saturated rings. The number of benzene rings is 3. The lowest BCUT2D eigenvalue weighted by Gasteiger charge is -2.11. The molecule has 0 spiro atoms. The van der Waals surface area contributed by atoms with E-state index in [1.165, 1.54) is 0 Å². The molecule has 0 bridgehead atoms. The van der Waals surface area contributed by atoms with Gasteiger partial charge in [0, 0.05) is 11.1 Å². The van der Waals surface area contributed by atoms with Crippen molar-refractivity contribution in [3.63, 3.8) is 0 Å². The van der Waals surface area contributed by atoms with E-state index < -0.39 is 0 Å². The van der Waals surface area contributed by atoms with Crippen molar-refractivity contribution in [2.45, 2.75) is 0 Å². The van der Waals surface area contributed by atoms with Gasteiger partial charge in [-0.2, -0.15) is 0 Å². The van der Waals surface area contributed by atoms with Gasteiger partial charge in [0.15, 0.2) is 0 Å². The van der Waals surface area contributed by atoms with E-state index >= 15 is 0 Å². The average molecular weight is 397 g/mol. The molecule has 0 amide bonds. The van der Waals surface area contributed by atoms with Crippen LogP contribution in [0.1, 0.15) is 0 Å². The highest BCUT2D eigenvalue weighted by Gasteiger charge is 2.18. The van der Waals surface area contributed by atoms with Crippen molar-refractivity contribution in [3.05, 3.63) is 71.7 Å². The molecule has 0 aliphatic rings. The Morgan fingerprint density at radius 2 is 1.04 bits per heavy atom. The maximum atomic E-state index is 5.02. The van der Waals surface area contributed by atoms with E-state index in [1.807, 2.05) is 35.3 Å².